The van der Waals surface area contributed by atoms with Crippen LogP contribution in [0.2, 0.25) is 0 Å². The first-order chi connectivity index (χ1) is 19.0. The molecule has 1 aliphatic heterocycles. The number of carbonyl (C=O) groups is 5. The minimum absolute atomic E-state index is 0.00395. The largest absolute Gasteiger partial charge is 0.445 e. The highest BCUT2D eigenvalue weighted by Gasteiger charge is 2.34. The molecule has 0 saturated carbocycles. The van der Waals surface area contributed by atoms with Gasteiger partial charge in [-0.1, -0.05) is 58.0 Å². The molecule has 1 aromatic carbocycles. The number of hydrogen-bond donors (Lipinski definition) is 4. The van der Waals surface area contributed by atoms with Gasteiger partial charge in [0.1, 0.15) is 24.7 Å². The molecule has 2 bridgehead atoms. The fourth-order valence-corrected chi connectivity index (χ4v) is 4.11. The average molecular weight is 556 g/mol. The Morgan fingerprint density at radius 2 is 1.80 bits per heavy atom. The van der Waals surface area contributed by atoms with E-state index in [0.717, 1.165) is 5.56 Å². The summed E-state index contributed by atoms with van der Waals surface area (Å²) in [7, 11) is 0. The third-order valence-electron chi connectivity index (χ3n) is 6.23. The van der Waals surface area contributed by atoms with Gasteiger partial charge in [0.15, 0.2) is 0 Å². The van der Waals surface area contributed by atoms with E-state index < -0.39 is 47.7 Å². The quantitative estimate of drug-likeness (QED) is 0.307. The molecule has 1 aliphatic rings. The zero-order valence-corrected chi connectivity index (χ0v) is 23.2. The highest BCUT2D eigenvalue weighted by atomic mass is 16.5. The summed E-state index contributed by atoms with van der Waals surface area (Å²) in [4.78, 5) is 65.5. The van der Waals surface area contributed by atoms with Crippen molar-refractivity contribution in [3.8, 4) is 0 Å². The average Bonchev–Trinajstić information content (AvgIpc) is 3.35. The van der Waals surface area contributed by atoms with Gasteiger partial charge in [-0.05, 0) is 23.8 Å². The van der Waals surface area contributed by atoms with Gasteiger partial charge in [-0.25, -0.2) is 4.79 Å². The number of nitrogens with one attached hydrogen (secondary N) is 4. The summed E-state index contributed by atoms with van der Waals surface area (Å²) in [5.74, 6) is -3.22. The number of Topliss-reactive ketones (excluding diaryl/α,β-unsaturated/α-hetero) is 1. The summed E-state index contributed by atoms with van der Waals surface area (Å²) in [5.41, 5.74) is 1.43. The van der Waals surface area contributed by atoms with Crippen LogP contribution >= 0.6 is 0 Å². The molecule has 0 radical (unpaired) electrons. The fourth-order valence-electron chi connectivity index (χ4n) is 4.11. The van der Waals surface area contributed by atoms with Gasteiger partial charge in [0.05, 0.1) is 18.4 Å². The van der Waals surface area contributed by atoms with Gasteiger partial charge in [-0.2, -0.15) is 15.0 Å². The van der Waals surface area contributed by atoms with Crippen LogP contribution in [0.5, 0.6) is 0 Å². The number of aromatic nitrogens is 3. The molecule has 2 heterocycles. The lowest BCUT2D eigenvalue weighted by Crippen LogP contribution is -2.58. The van der Waals surface area contributed by atoms with Crippen LogP contribution in [0.15, 0.2) is 36.5 Å². The second-order valence-electron chi connectivity index (χ2n) is 10.4. The molecule has 0 saturated heterocycles. The molecule has 40 heavy (non-hydrogen) atoms. The Bertz CT molecular complexity index is 1200. The highest BCUT2D eigenvalue weighted by molar-refractivity contribution is 6.38. The van der Waals surface area contributed by atoms with Crippen LogP contribution in [0.1, 0.15) is 45.4 Å². The Hall–Kier alpha value is -4.29. The molecule has 3 unspecified atom stereocenters. The highest BCUT2D eigenvalue weighted by Crippen LogP contribution is 2.10. The van der Waals surface area contributed by atoms with Gasteiger partial charge in [0, 0.05) is 13.0 Å². The zero-order valence-electron chi connectivity index (χ0n) is 23.2. The van der Waals surface area contributed by atoms with Crippen LogP contribution in [0.3, 0.4) is 0 Å². The second kappa shape index (κ2) is 14.2. The van der Waals surface area contributed by atoms with Crippen LogP contribution < -0.4 is 21.3 Å². The van der Waals surface area contributed by atoms with E-state index in [1.54, 1.807) is 13.8 Å². The van der Waals surface area contributed by atoms with E-state index >= 15 is 0 Å². The van der Waals surface area contributed by atoms with Gasteiger partial charge >= 0.3 is 6.09 Å². The maximum Gasteiger partial charge on any atom is 0.408 e. The number of nitrogens with zero attached hydrogens (tertiary/aromatic N) is 3. The van der Waals surface area contributed by atoms with E-state index in [9.17, 15) is 24.0 Å². The lowest BCUT2D eigenvalue weighted by atomic mass is 9.99. The van der Waals surface area contributed by atoms with Gasteiger partial charge in [-0.15, -0.1) is 0 Å². The van der Waals surface area contributed by atoms with Crippen molar-refractivity contribution in [2.45, 2.75) is 71.8 Å². The SMILES string of the molecule is CC(C)CC(NC(=O)C(NC(=O)OCc1ccccc1)C(C)C)C(=O)NC1Cn2ncc(n2)CCNC(=O)C1=O. The standard InChI is InChI=1S/C27H37N7O6/c1-16(2)12-20(24(36)31-21-14-34-29-13-19(33-34)10-11-28-26(38)23(21)35)30-25(37)22(17(3)4)32-27(39)40-15-18-8-6-5-7-9-18/h5-9,13,16-17,20-22H,10-12,14-15H2,1-4H3,(H,28,38)(H,30,37)(H,31,36)(H,32,39). The summed E-state index contributed by atoms with van der Waals surface area (Å²) >= 11 is 0. The van der Waals surface area contributed by atoms with Crippen molar-refractivity contribution in [3.63, 3.8) is 0 Å². The minimum atomic E-state index is -1.25. The van der Waals surface area contributed by atoms with Gasteiger partial charge in [-0.3, -0.25) is 19.2 Å². The van der Waals surface area contributed by atoms with Crippen molar-refractivity contribution in [2.75, 3.05) is 6.54 Å². The van der Waals surface area contributed by atoms with E-state index in [-0.39, 0.29) is 38.0 Å². The monoisotopic (exact) mass is 555 g/mol. The van der Waals surface area contributed by atoms with E-state index in [1.807, 2.05) is 44.2 Å². The van der Waals surface area contributed by atoms with E-state index in [2.05, 4.69) is 31.5 Å². The maximum atomic E-state index is 13.4. The number of amides is 4. The molecule has 216 valence electrons. The zero-order chi connectivity index (χ0) is 29.2. The van der Waals surface area contributed by atoms with Crippen molar-refractivity contribution >= 4 is 29.6 Å². The molecule has 3 rings (SSSR count). The number of carbonyl (C=O) groups excluding carboxylic acids is 5. The summed E-state index contributed by atoms with van der Waals surface area (Å²) in [6, 6.07) is 5.84. The van der Waals surface area contributed by atoms with Crippen LogP contribution in [-0.4, -0.2) is 69.3 Å². The fraction of sp³-hybridized carbons (Fsp3) is 0.519. The third kappa shape index (κ3) is 8.89. The maximum absolute atomic E-state index is 13.4. The predicted molar refractivity (Wildman–Crippen MR) is 143 cm³/mol. The molecule has 1 aromatic heterocycles. The van der Waals surface area contributed by atoms with Crippen molar-refractivity contribution in [1.82, 2.24) is 36.3 Å². The second-order valence-corrected chi connectivity index (χ2v) is 10.4. The lowest BCUT2D eigenvalue weighted by Gasteiger charge is -2.27. The van der Waals surface area contributed by atoms with Gasteiger partial charge in [0.25, 0.3) is 5.91 Å². The molecular weight excluding hydrogens is 518 g/mol. The van der Waals surface area contributed by atoms with Crippen molar-refractivity contribution in [1.29, 1.82) is 0 Å². The molecule has 4 N–H and O–H groups in total. The van der Waals surface area contributed by atoms with Crippen LogP contribution in [0.4, 0.5) is 4.79 Å². The summed E-state index contributed by atoms with van der Waals surface area (Å²) in [5, 5.41) is 18.8. The molecular formula is C27H37N7O6. The van der Waals surface area contributed by atoms with E-state index in [0.29, 0.717) is 12.1 Å². The molecule has 13 heteroatoms. The summed E-state index contributed by atoms with van der Waals surface area (Å²) in [6.07, 6.45) is 1.43. The Morgan fingerprint density at radius 3 is 2.48 bits per heavy atom. The summed E-state index contributed by atoms with van der Waals surface area (Å²) < 4.78 is 5.25. The van der Waals surface area contributed by atoms with Gasteiger partial charge < -0.3 is 26.0 Å². The van der Waals surface area contributed by atoms with E-state index in [1.165, 1.54) is 11.0 Å². The molecule has 3 atom stereocenters. The van der Waals surface area contributed by atoms with Crippen LogP contribution in [0.25, 0.3) is 0 Å². The Kier molecular flexibility index (Phi) is 10.7. The van der Waals surface area contributed by atoms with Crippen LogP contribution in [-0.2, 0) is 43.5 Å². The first-order valence-electron chi connectivity index (χ1n) is 13.3. The number of ketones is 1. The smallest absolute Gasteiger partial charge is 0.408 e. The minimum Gasteiger partial charge on any atom is -0.445 e. The Balaban J connectivity index is 1.68. The molecule has 0 aliphatic carbocycles. The Morgan fingerprint density at radius 1 is 1.07 bits per heavy atom. The number of hydrogen-bond acceptors (Lipinski definition) is 8. The first kappa shape index (κ1) is 30.3. The molecule has 4 amide bonds. The van der Waals surface area contributed by atoms with Crippen LogP contribution in [0, 0.1) is 11.8 Å². The van der Waals surface area contributed by atoms with Crippen molar-refractivity contribution in [2.24, 2.45) is 11.8 Å². The predicted octanol–water partition coefficient (Wildman–Crippen LogP) is 0.486. The van der Waals surface area contributed by atoms with Gasteiger partial charge in [0.2, 0.25) is 17.6 Å². The molecule has 0 fully saturated rings. The first-order valence-corrected chi connectivity index (χ1v) is 13.3. The topological polar surface area (TPSA) is 173 Å². The number of rotatable bonds is 10. The lowest BCUT2D eigenvalue weighted by molar-refractivity contribution is -0.141. The Labute approximate surface area is 232 Å². The molecule has 2 aromatic rings. The normalized spacial score (nSPS) is 17.0. The number of ether oxygens (including phenoxy) is 1. The third-order valence-corrected chi connectivity index (χ3v) is 6.23. The van der Waals surface area contributed by atoms with Crippen molar-refractivity contribution in [3.05, 3.63) is 47.8 Å². The molecule has 13 nitrogen and oxygen atoms in total. The van der Waals surface area contributed by atoms with Crippen molar-refractivity contribution < 1.29 is 28.7 Å². The summed E-state index contributed by atoms with van der Waals surface area (Å²) in [6.45, 7) is 7.35. The molecule has 0 spiro atoms. The van der Waals surface area contributed by atoms with E-state index in [4.69, 9.17) is 4.74 Å². The number of fused-ring (bicyclic) bond motifs is 2. The number of alkyl carbamates (subject to hydrolysis) is 1. The number of benzene rings is 1.